The second-order valence-corrected chi connectivity index (χ2v) is 9.54. The molecule has 0 saturated heterocycles. The highest BCUT2D eigenvalue weighted by Crippen LogP contribution is 2.29. The van der Waals surface area contributed by atoms with Crippen LogP contribution in [0.3, 0.4) is 0 Å². The van der Waals surface area contributed by atoms with Crippen molar-refractivity contribution in [1.29, 1.82) is 0 Å². The molecule has 0 spiro atoms. The Morgan fingerprint density at radius 1 is 1.13 bits per heavy atom. The van der Waals surface area contributed by atoms with E-state index in [1.807, 2.05) is 31.2 Å². The molecule has 156 valence electrons. The normalized spacial score (nSPS) is 12.0. The minimum Gasteiger partial charge on any atom is -0.444 e. The molecule has 9 heteroatoms. The molecule has 0 aliphatic rings. The third-order valence-corrected chi connectivity index (χ3v) is 6.58. The van der Waals surface area contributed by atoms with Gasteiger partial charge < -0.3 is 8.98 Å². The topological polar surface area (TPSA) is 104 Å². The van der Waals surface area contributed by atoms with Crippen LogP contribution in [0.25, 0.3) is 22.5 Å². The fourth-order valence-electron chi connectivity index (χ4n) is 3.15. The molecule has 2 N–H and O–H groups in total. The Bertz CT molecular complexity index is 1290. The molecule has 0 bridgehead atoms. The van der Waals surface area contributed by atoms with E-state index in [-0.39, 0.29) is 4.90 Å². The maximum Gasteiger partial charge on any atom is 0.238 e. The lowest BCUT2D eigenvalue weighted by atomic mass is 10.1. The van der Waals surface area contributed by atoms with Crippen LogP contribution < -0.4 is 5.14 Å². The lowest BCUT2D eigenvalue weighted by Gasteiger charge is -2.06. The Labute approximate surface area is 179 Å². The average Bonchev–Trinajstić information content (AvgIpc) is 3.31. The minimum absolute atomic E-state index is 0.0620. The summed E-state index contributed by atoms with van der Waals surface area (Å²) < 4.78 is 31.1. The van der Waals surface area contributed by atoms with Crippen LogP contribution in [0.1, 0.15) is 24.6 Å². The van der Waals surface area contributed by atoms with Gasteiger partial charge in [-0.3, -0.25) is 0 Å². The van der Waals surface area contributed by atoms with Crippen molar-refractivity contribution in [2.75, 3.05) is 0 Å². The number of rotatable bonds is 7. The smallest absolute Gasteiger partial charge is 0.238 e. The molecule has 2 heterocycles. The Kier molecular flexibility index (Phi) is 5.68. The zero-order valence-corrected chi connectivity index (χ0v) is 18.3. The number of nitrogens with two attached hydrogens (primary N) is 1. The van der Waals surface area contributed by atoms with Crippen LogP contribution >= 0.6 is 11.8 Å². The van der Waals surface area contributed by atoms with E-state index < -0.39 is 10.0 Å². The molecule has 0 saturated carbocycles. The van der Waals surface area contributed by atoms with Gasteiger partial charge in [-0.05, 0) is 43.7 Å². The third kappa shape index (κ3) is 4.28. The van der Waals surface area contributed by atoms with E-state index in [0.717, 1.165) is 34.9 Å². The van der Waals surface area contributed by atoms with Crippen LogP contribution in [-0.4, -0.2) is 23.0 Å². The summed E-state index contributed by atoms with van der Waals surface area (Å²) in [5, 5.41) is 6.06. The van der Waals surface area contributed by atoms with Crippen molar-refractivity contribution in [3.8, 4) is 11.5 Å². The number of benzene rings is 2. The molecule has 30 heavy (non-hydrogen) atoms. The zero-order chi connectivity index (χ0) is 21.3. The zero-order valence-electron chi connectivity index (χ0n) is 16.7. The Hall–Kier alpha value is -2.62. The van der Waals surface area contributed by atoms with E-state index in [9.17, 15) is 8.42 Å². The highest BCUT2D eigenvalue weighted by Gasteiger charge is 2.16. The van der Waals surface area contributed by atoms with Crippen molar-refractivity contribution < 1.29 is 12.8 Å². The van der Waals surface area contributed by atoms with Crippen molar-refractivity contribution in [1.82, 2.24) is 14.5 Å². The van der Waals surface area contributed by atoms with Crippen LogP contribution in [0.2, 0.25) is 0 Å². The van der Waals surface area contributed by atoms with Crippen molar-refractivity contribution in [2.45, 2.75) is 42.6 Å². The summed E-state index contributed by atoms with van der Waals surface area (Å²) in [4.78, 5) is 9.29. The fraction of sp³-hybridized carbons (Fsp3) is 0.238. The number of fused-ring (bicyclic) bond motifs is 1. The van der Waals surface area contributed by atoms with Crippen LogP contribution in [0.15, 0.2) is 63.2 Å². The number of primary sulfonamides is 1. The molecule has 2 aromatic heterocycles. The third-order valence-electron chi connectivity index (χ3n) is 4.66. The number of oxazole rings is 1. The largest absolute Gasteiger partial charge is 0.444 e. The number of sulfonamides is 1. The van der Waals surface area contributed by atoms with E-state index in [4.69, 9.17) is 9.56 Å². The van der Waals surface area contributed by atoms with E-state index in [2.05, 4.69) is 21.5 Å². The number of imidazole rings is 1. The van der Waals surface area contributed by atoms with Crippen molar-refractivity contribution in [2.24, 2.45) is 5.14 Å². The molecule has 0 amide bonds. The van der Waals surface area contributed by atoms with Crippen molar-refractivity contribution in [3.05, 3.63) is 60.0 Å². The van der Waals surface area contributed by atoms with Gasteiger partial charge in [0.05, 0.1) is 21.6 Å². The first-order valence-electron chi connectivity index (χ1n) is 9.52. The van der Waals surface area contributed by atoms with Crippen LogP contribution in [0, 0.1) is 6.92 Å². The van der Waals surface area contributed by atoms with E-state index in [1.54, 1.807) is 12.3 Å². The van der Waals surface area contributed by atoms with Crippen LogP contribution in [-0.2, 0) is 22.3 Å². The summed E-state index contributed by atoms with van der Waals surface area (Å²) in [6, 6.07) is 12.8. The average molecular weight is 443 g/mol. The number of aryl methyl sites for hydroxylation is 2. The van der Waals surface area contributed by atoms with E-state index >= 15 is 0 Å². The van der Waals surface area contributed by atoms with Gasteiger partial charge in [0.2, 0.25) is 15.9 Å². The minimum atomic E-state index is -3.77. The molecular formula is C21H22N4O3S2. The van der Waals surface area contributed by atoms with Gasteiger partial charge in [-0.15, -0.1) is 0 Å². The molecule has 0 atom stereocenters. The molecular weight excluding hydrogens is 420 g/mol. The molecule has 4 aromatic rings. The fourth-order valence-corrected chi connectivity index (χ4v) is 4.61. The standard InChI is InChI=1S/C21H22N4O3S2/c1-3-10-25-19-9-8-17(30(22,26)27)11-18(19)24-21(25)29-13-16-12-28-20(23-16)15-6-4-14(2)5-7-15/h4-9,11-12H,3,10,13H2,1-2H3,(H2,22,26,27). The van der Waals surface area contributed by atoms with Gasteiger partial charge in [-0.2, -0.15) is 0 Å². The first kappa shape index (κ1) is 20.6. The van der Waals surface area contributed by atoms with Crippen molar-refractivity contribution >= 4 is 32.8 Å². The molecule has 0 fully saturated rings. The first-order chi connectivity index (χ1) is 14.3. The number of nitrogens with zero attached hydrogens (tertiary/aromatic N) is 3. The SMILES string of the molecule is CCCn1c(SCc2coc(-c3ccc(C)cc3)n2)nc2cc(S(N)(=O)=O)ccc21. The quantitative estimate of drug-likeness (QED) is 0.427. The van der Waals surface area contributed by atoms with Gasteiger partial charge in [-0.1, -0.05) is 36.4 Å². The van der Waals surface area contributed by atoms with Crippen LogP contribution in [0.5, 0.6) is 0 Å². The predicted molar refractivity (Wildman–Crippen MR) is 118 cm³/mol. The number of aromatic nitrogens is 3. The lowest BCUT2D eigenvalue weighted by molar-refractivity contribution is 0.573. The summed E-state index contributed by atoms with van der Waals surface area (Å²) in [5.74, 6) is 1.18. The molecule has 0 aliphatic carbocycles. The van der Waals surface area contributed by atoms with Gasteiger partial charge in [0.25, 0.3) is 0 Å². The number of hydrogen-bond donors (Lipinski definition) is 1. The molecule has 4 rings (SSSR count). The summed E-state index contributed by atoms with van der Waals surface area (Å²) in [6.45, 7) is 4.90. The second kappa shape index (κ2) is 8.25. The van der Waals surface area contributed by atoms with Gasteiger partial charge in [-0.25, -0.2) is 23.5 Å². The maximum absolute atomic E-state index is 11.7. The Balaban J connectivity index is 1.59. The van der Waals surface area contributed by atoms with Gasteiger partial charge in [0.15, 0.2) is 5.16 Å². The van der Waals surface area contributed by atoms with Gasteiger partial charge in [0, 0.05) is 17.9 Å². The molecule has 0 aliphatic heterocycles. The molecule has 0 radical (unpaired) electrons. The summed E-state index contributed by atoms with van der Waals surface area (Å²) in [5.41, 5.74) is 4.42. The Morgan fingerprint density at radius 2 is 1.90 bits per heavy atom. The molecule has 2 aromatic carbocycles. The van der Waals surface area contributed by atoms with Crippen molar-refractivity contribution in [3.63, 3.8) is 0 Å². The summed E-state index contributed by atoms with van der Waals surface area (Å²) >= 11 is 1.54. The number of hydrogen-bond acceptors (Lipinski definition) is 6. The first-order valence-corrected chi connectivity index (χ1v) is 12.1. The summed E-state index contributed by atoms with van der Waals surface area (Å²) in [6.07, 6.45) is 2.59. The summed E-state index contributed by atoms with van der Waals surface area (Å²) in [7, 11) is -3.77. The monoisotopic (exact) mass is 442 g/mol. The Morgan fingerprint density at radius 3 is 2.60 bits per heavy atom. The van der Waals surface area contributed by atoms with E-state index in [1.165, 1.54) is 29.5 Å². The highest BCUT2D eigenvalue weighted by molar-refractivity contribution is 7.98. The second-order valence-electron chi connectivity index (χ2n) is 7.04. The molecule has 0 unspecified atom stereocenters. The molecule has 7 nitrogen and oxygen atoms in total. The van der Waals surface area contributed by atoms with Gasteiger partial charge in [0.1, 0.15) is 6.26 Å². The van der Waals surface area contributed by atoms with E-state index in [0.29, 0.717) is 17.2 Å². The lowest BCUT2D eigenvalue weighted by Crippen LogP contribution is -2.11. The number of thioether (sulfide) groups is 1. The van der Waals surface area contributed by atoms with Crippen LogP contribution in [0.4, 0.5) is 0 Å². The maximum atomic E-state index is 11.7. The highest BCUT2D eigenvalue weighted by atomic mass is 32.2. The van der Waals surface area contributed by atoms with Gasteiger partial charge >= 0.3 is 0 Å². The predicted octanol–water partition coefficient (Wildman–Crippen LogP) is 4.35.